The number of carbonyl (C=O) groups is 1. The summed E-state index contributed by atoms with van der Waals surface area (Å²) in [6.07, 6.45) is 0.178. The van der Waals surface area contributed by atoms with Gasteiger partial charge < -0.3 is 5.32 Å². The lowest BCUT2D eigenvalue weighted by molar-refractivity contribution is -0.121. The molecule has 2 aromatic carbocycles. The van der Waals surface area contributed by atoms with Crippen molar-refractivity contribution in [3.05, 3.63) is 87.2 Å². The van der Waals surface area contributed by atoms with Crippen molar-refractivity contribution in [2.45, 2.75) is 26.4 Å². The number of hydrogen-bond donors (Lipinski definition) is 1. The van der Waals surface area contributed by atoms with E-state index in [1.807, 2.05) is 43.3 Å². The van der Waals surface area contributed by atoms with Gasteiger partial charge in [0.2, 0.25) is 5.91 Å². The van der Waals surface area contributed by atoms with Gasteiger partial charge in [0.1, 0.15) is 0 Å². The van der Waals surface area contributed by atoms with Crippen LogP contribution < -0.4 is 10.9 Å². The zero-order chi connectivity index (χ0) is 19.2. The minimum atomic E-state index is -0.226. The first-order valence-corrected chi connectivity index (χ1v) is 9.05. The van der Waals surface area contributed by atoms with E-state index in [0.29, 0.717) is 17.3 Å². The van der Waals surface area contributed by atoms with Crippen molar-refractivity contribution in [1.82, 2.24) is 15.1 Å². The lowest BCUT2D eigenvalue weighted by Gasteiger charge is -2.08. The van der Waals surface area contributed by atoms with Crippen molar-refractivity contribution in [2.24, 2.45) is 0 Å². The fourth-order valence-electron chi connectivity index (χ4n) is 2.59. The smallest absolute Gasteiger partial charge is 0.266 e. The number of hydrogen-bond acceptors (Lipinski definition) is 3. The number of benzene rings is 2. The van der Waals surface area contributed by atoms with Crippen LogP contribution in [0.4, 0.5) is 0 Å². The molecular weight excluding hydrogens is 362 g/mol. The molecule has 1 heterocycles. The topological polar surface area (TPSA) is 64.0 Å². The third kappa shape index (κ3) is 5.28. The molecule has 0 aliphatic carbocycles. The third-order valence-electron chi connectivity index (χ3n) is 4.17. The SMILES string of the molecule is Cc1ccc(-c2ccc(=O)n(CCC(=O)NCc3ccc(Cl)cc3)n2)cc1. The largest absolute Gasteiger partial charge is 0.352 e. The Morgan fingerprint density at radius 3 is 2.44 bits per heavy atom. The molecule has 0 saturated carbocycles. The van der Waals surface area contributed by atoms with Gasteiger partial charge in [-0.05, 0) is 30.7 Å². The van der Waals surface area contributed by atoms with Crippen LogP contribution in [0.2, 0.25) is 5.02 Å². The highest BCUT2D eigenvalue weighted by Crippen LogP contribution is 2.15. The molecule has 0 aliphatic heterocycles. The zero-order valence-electron chi connectivity index (χ0n) is 15.0. The molecule has 0 unspecified atom stereocenters. The number of amides is 1. The first kappa shape index (κ1) is 18.9. The number of halogens is 1. The van der Waals surface area contributed by atoms with Gasteiger partial charge in [-0.15, -0.1) is 0 Å². The normalized spacial score (nSPS) is 10.6. The summed E-state index contributed by atoms with van der Waals surface area (Å²) in [6, 6.07) is 18.4. The van der Waals surface area contributed by atoms with Crippen LogP contribution in [-0.4, -0.2) is 15.7 Å². The third-order valence-corrected chi connectivity index (χ3v) is 4.42. The van der Waals surface area contributed by atoms with E-state index in [9.17, 15) is 9.59 Å². The van der Waals surface area contributed by atoms with Crippen molar-refractivity contribution >= 4 is 17.5 Å². The summed E-state index contributed by atoms with van der Waals surface area (Å²) < 4.78 is 1.33. The Hall–Kier alpha value is -2.92. The van der Waals surface area contributed by atoms with Gasteiger partial charge in [0, 0.05) is 29.6 Å². The Morgan fingerprint density at radius 1 is 1.04 bits per heavy atom. The Morgan fingerprint density at radius 2 is 1.74 bits per heavy atom. The predicted octanol–water partition coefficient (Wildman–Crippen LogP) is 3.58. The molecule has 0 fully saturated rings. The van der Waals surface area contributed by atoms with E-state index < -0.39 is 0 Å². The molecule has 0 bridgehead atoms. The molecule has 1 amide bonds. The zero-order valence-corrected chi connectivity index (χ0v) is 15.7. The maximum absolute atomic E-state index is 12.1. The molecule has 0 atom stereocenters. The standard InChI is InChI=1S/C21H20ClN3O2/c1-15-2-6-17(7-3-15)19-10-11-21(27)25(24-19)13-12-20(26)23-14-16-4-8-18(22)9-5-16/h2-11H,12-14H2,1H3,(H,23,26). The number of carbonyl (C=O) groups excluding carboxylic acids is 1. The van der Waals surface area contributed by atoms with E-state index >= 15 is 0 Å². The molecule has 27 heavy (non-hydrogen) atoms. The number of aromatic nitrogens is 2. The molecule has 6 heteroatoms. The second kappa shape index (κ2) is 8.64. The van der Waals surface area contributed by atoms with Crippen LogP contribution in [0.3, 0.4) is 0 Å². The highest BCUT2D eigenvalue weighted by molar-refractivity contribution is 6.30. The Labute approximate surface area is 162 Å². The number of nitrogens with zero attached hydrogens (tertiary/aromatic N) is 2. The van der Waals surface area contributed by atoms with Crippen LogP contribution >= 0.6 is 11.6 Å². The second-order valence-electron chi connectivity index (χ2n) is 6.30. The fourth-order valence-corrected chi connectivity index (χ4v) is 2.71. The second-order valence-corrected chi connectivity index (χ2v) is 6.74. The van der Waals surface area contributed by atoms with Crippen molar-refractivity contribution in [2.75, 3.05) is 0 Å². The summed E-state index contributed by atoms with van der Waals surface area (Å²) in [7, 11) is 0. The highest BCUT2D eigenvalue weighted by Gasteiger charge is 2.07. The lowest BCUT2D eigenvalue weighted by atomic mass is 10.1. The van der Waals surface area contributed by atoms with E-state index in [1.54, 1.807) is 18.2 Å². The summed E-state index contributed by atoms with van der Waals surface area (Å²) in [6.45, 7) is 2.66. The summed E-state index contributed by atoms with van der Waals surface area (Å²) in [5.74, 6) is -0.139. The van der Waals surface area contributed by atoms with Gasteiger partial charge in [-0.25, -0.2) is 4.68 Å². The molecule has 0 aliphatic rings. The number of rotatable bonds is 6. The minimum Gasteiger partial charge on any atom is -0.352 e. The Balaban J connectivity index is 1.60. The molecule has 1 aromatic heterocycles. The van der Waals surface area contributed by atoms with E-state index in [1.165, 1.54) is 10.7 Å². The maximum Gasteiger partial charge on any atom is 0.266 e. The van der Waals surface area contributed by atoms with Gasteiger partial charge >= 0.3 is 0 Å². The predicted molar refractivity (Wildman–Crippen MR) is 107 cm³/mol. The van der Waals surface area contributed by atoms with Crippen molar-refractivity contribution in [3.63, 3.8) is 0 Å². The van der Waals surface area contributed by atoms with Gasteiger partial charge in [-0.3, -0.25) is 9.59 Å². The van der Waals surface area contributed by atoms with Crippen LogP contribution in [0.15, 0.2) is 65.5 Å². The van der Waals surface area contributed by atoms with Crippen LogP contribution in [0.25, 0.3) is 11.3 Å². The van der Waals surface area contributed by atoms with Crippen molar-refractivity contribution in [1.29, 1.82) is 0 Å². The van der Waals surface area contributed by atoms with E-state index in [4.69, 9.17) is 11.6 Å². The average molecular weight is 382 g/mol. The molecule has 5 nitrogen and oxygen atoms in total. The Bertz CT molecular complexity index is 980. The Kier molecular flexibility index (Phi) is 6.04. The summed E-state index contributed by atoms with van der Waals surface area (Å²) >= 11 is 5.84. The van der Waals surface area contributed by atoms with Crippen LogP contribution in [0.5, 0.6) is 0 Å². The average Bonchev–Trinajstić information content (AvgIpc) is 2.67. The first-order valence-electron chi connectivity index (χ1n) is 8.67. The summed E-state index contributed by atoms with van der Waals surface area (Å²) in [5.41, 5.74) is 3.53. The van der Waals surface area contributed by atoms with Crippen LogP contribution in [0.1, 0.15) is 17.5 Å². The number of nitrogens with one attached hydrogen (secondary N) is 1. The van der Waals surface area contributed by atoms with E-state index in [2.05, 4.69) is 10.4 Å². The number of aryl methyl sites for hydroxylation is 2. The molecular formula is C21H20ClN3O2. The van der Waals surface area contributed by atoms with Gasteiger partial charge in [0.15, 0.2) is 0 Å². The first-order chi connectivity index (χ1) is 13.0. The molecule has 1 N–H and O–H groups in total. The van der Waals surface area contributed by atoms with Crippen LogP contribution in [0, 0.1) is 6.92 Å². The van der Waals surface area contributed by atoms with E-state index in [-0.39, 0.29) is 24.4 Å². The summed E-state index contributed by atoms with van der Waals surface area (Å²) in [5, 5.41) is 7.87. The lowest BCUT2D eigenvalue weighted by Crippen LogP contribution is -2.28. The quantitative estimate of drug-likeness (QED) is 0.709. The van der Waals surface area contributed by atoms with E-state index in [0.717, 1.165) is 16.7 Å². The van der Waals surface area contributed by atoms with Crippen molar-refractivity contribution in [3.8, 4) is 11.3 Å². The molecule has 0 saturated heterocycles. The van der Waals surface area contributed by atoms with Crippen molar-refractivity contribution < 1.29 is 4.79 Å². The monoisotopic (exact) mass is 381 g/mol. The van der Waals surface area contributed by atoms with Crippen LogP contribution in [-0.2, 0) is 17.9 Å². The molecule has 3 rings (SSSR count). The van der Waals surface area contributed by atoms with Gasteiger partial charge in [-0.1, -0.05) is 53.6 Å². The molecule has 0 radical (unpaired) electrons. The molecule has 0 spiro atoms. The summed E-state index contributed by atoms with van der Waals surface area (Å²) in [4.78, 5) is 24.1. The highest BCUT2D eigenvalue weighted by atomic mass is 35.5. The molecule has 138 valence electrons. The van der Waals surface area contributed by atoms with Gasteiger partial charge in [0.05, 0.1) is 12.2 Å². The minimum absolute atomic E-state index is 0.139. The fraction of sp³-hybridized carbons (Fsp3) is 0.190. The maximum atomic E-state index is 12.1. The van der Waals surface area contributed by atoms with Gasteiger partial charge in [0.25, 0.3) is 5.56 Å². The molecule has 3 aromatic rings. The van der Waals surface area contributed by atoms with Gasteiger partial charge in [-0.2, -0.15) is 5.10 Å².